The number of carbonyl (C=O) groups is 1. The summed E-state index contributed by atoms with van der Waals surface area (Å²) in [5.74, 6) is 0.559. The van der Waals surface area contributed by atoms with Gasteiger partial charge < -0.3 is 10.1 Å². The molecule has 2 unspecified atom stereocenters. The van der Waals surface area contributed by atoms with Crippen molar-refractivity contribution < 1.29 is 9.53 Å². The Bertz CT molecular complexity index is 438. The maximum atomic E-state index is 12.0. The molecule has 6 nitrogen and oxygen atoms in total. The largest absolute Gasteiger partial charge is 0.468 e. The number of nitrogens with zero attached hydrogens (tertiary/aromatic N) is 2. The van der Waals surface area contributed by atoms with Gasteiger partial charge in [-0.2, -0.15) is 0 Å². The molecule has 1 aromatic heterocycles. The molecule has 0 saturated carbocycles. The fourth-order valence-corrected chi connectivity index (χ4v) is 3.09. The van der Waals surface area contributed by atoms with E-state index in [9.17, 15) is 4.79 Å². The van der Waals surface area contributed by atoms with Crippen molar-refractivity contribution in [3.63, 3.8) is 0 Å². The topological polar surface area (TPSA) is 79.9 Å². The third-order valence-electron chi connectivity index (χ3n) is 2.98. The van der Waals surface area contributed by atoms with Crippen LogP contribution in [0.3, 0.4) is 0 Å². The molecule has 0 aliphatic heterocycles. The molecule has 114 valence electrons. The number of esters is 1. The summed E-state index contributed by atoms with van der Waals surface area (Å²) in [6.07, 6.45) is 1.62. The highest BCUT2D eigenvalue weighted by Crippen LogP contribution is 2.27. The Morgan fingerprint density at radius 1 is 1.60 bits per heavy atom. The summed E-state index contributed by atoms with van der Waals surface area (Å²) in [7, 11) is 1.42. The second-order valence-electron chi connectivity index (χ2n) is 5.09. The van der Waals surface area contributed by atoms with Crippen molar-refractivity contribution in [2.75, 3.05) is 13.7 Å². The number of rotatable bonds is 8. The lowest BCUT2D eigenvalue weighted by Gasteiger charge is -2.30. The Balaban J connectivity index is 2.65. The molecule has 0 fully saturated rings. The number of ether oxygens (including phenoxy) is 1. The van der Waals surface area contributed by atoms with E-state index in [1.54, 1.807) is 11.8 Å². The molecule has 7 heteroatoms. The van der Waals surface area contributed by atoms with E-state index in [2.05, 4.69) is 34.3 Å². The van der Waals surface area contributed by atoms with Crippen LogP contribution in [0.25, 0.3) is 0 Å². The number of hydrogen-bond acceptors (Lipinski definition) is 6. The van der Waals surface area contributed by atoms with Crippen molar-refractivity contribution in [2.24, 2.45) is 0 Å². The predicted octanol–water partition coefficient (Wildman–Crippen LogP) is 1.92. The first-order chi connectivity index (χ1) is 9.41. The van der Waals surface area contributed by atoms with E-state index in [-0.39, 0.29) is 11.2 Å². The Morgan fingerprint density at radius 3 is 2.80 bits per heavy atom. The first-order valence-electron chi connectivity index (χ1n) is 6.80. The molecule has 1 aromatic rings. The molecule has 20 heavy (non-hydrogen) atoms. The summed E-state index contributed by atoms with van der Waals surface area (Å²) < 4.78 is 4.92. The number of aromatic nitrogens is 3. The van der Waals surface area contributed by atoms with Crippen LogP contribution in [0.2, 0.25) is 0 Å². The van der Waals surface area contributed by atoms with Crippen molar-refractivity contribution >= 4 is 17.7 Å². The zero-order valence-electron chi connectivity index (χ0n) is 12.8. The molecule has 2 atom stereocenters. The van der Waals surface area contributed by atoms with Gasteiger partial charge in [-0.1, -0.05) is 25.6 Å². The van der Waals surface area contributed by atoms with Gasteiger partial charge in [0.1, 0.15) is 11.4 Å². The van der Waals surface area contributed by atoms with E-state index >= 15 is 0 Å². The van der Waals surface area contributed by atoms with E-state index in [0.29, 0.717) is 11.6 Å². The molecular weight excluding hydrogens is 276 g/mol. The summed E-state index contributed by atoms with van der Waals surface area (Å²) in [5.41, 5.74) is -0.678. The number of aromatic amines is 1. The summed E-state index contributed by atoms with van der Waals surface area (Å²) in [6.45, 7) is 8.66. The fourth-order valence-electron chi connectivity index (χ4n) is 2.03. The molecular formula is C13H24N4O2S. The van der Waals surface area contributed by atoms with Crippen LogP contribution in [0.1, 0.15) is 39.4 Å². The van der Waals surface area contributed by atoms with Crippen molar-refractivity contribution in [3.8, 4) is 0 Å². The lowest BCUT2D eigenvalue weighted by atomic mass is 9.96. The molecule has 1 heterocycles. The molecule has 0 radical (unpaired) electrons. The average molecular weight is 300 g/mol. The van der Waals surface area contributed by atoms with Gasteiger partial charge in [0, 0.05) is 5.25 Å². The maximum absolute atomic E-state index is 12.0. The number of nitrogens with one attached hydrogen (secondary N) is 2. The Labute approximate surface area is 124 Å². The van der Waals surface area contributed by atoms with Gasteiger partial charge in [-0.3, -0.25) is 9.89 Å². The van der Waals surface area contributed by atoms with Gasteiger partial charge in [-0.25, -0.2) is 4.98 Å². The summed E-state index contributed by atoms with van der Waals surface area (Å²) in [5, 5.41) is 11.1. The molecule has 0 saturated heterocycles. The summed E-state index contributed by atoms with van der Waals surface area (Å²) >= 11 is 1.55. The van der Waals surface area contributed by atoms with E-state index in [0.717, 1.165) is 18.8 Å². The van der Waals surface area contributed by atoms with E-state index in [4.69, 9.17) is 4.74 Å². The first kappa shape index (κ1) is 17.0. The number of aryl methyl sites for hydroxylation is 1. The van der Waals surface area contributed by atoms with Gasteiger partial charge in [0.25, 0.3) is 0 Å². The average Bonchev–Trinajstić information content (AvgIpc) is 2.80. The molecule has 0 spiro atoms. The van der Waals surface area contributed by atoms with Gasteiger partial charge in [0.05, 0.1) is 7.11 Å². The number of H-pyrrole nitrogens is 1. The molecule has 0 aliphatic rings. The summed E-state index contributed by atoms with van der Waals surface area (Å²) in [6, 6.07) is 0. The van der Waals surface area contributed by atoms with Crippen LogP contribution in [0, 0.1) is 6.92 Å². The third-order valence-corrected chi connectivity index (χ3v) is 3.94. The Kier molecular flexibility index (Phi) is 6.48. The first-order valence-corrected chi connectivity index (χ1v) is 7.68. The molecule has 0 aromatic carbocycles. The molecule has 2 N–H and O–H groups in total. The van der Waals surface area contributed by atoms with Crippen LogP contribution in [0.15, 0.2) is 5.16 Å². The van der Waals surface area contributed by atoms with Crippen molar-refractivity contribution in [3.05, 3.63) is 5.82 Å². The van der Waals surface area contributed by atoms with Gasteiger partial charge in [-0.05, 0) is 33.2 Å². The predicted molar refractivity (Wildman–Crippen MR) is 79.8 cm³/mol. The van der Waals surface area contributed by atoms with E-state index in [1.807, 2.05) is 13.8 Å². The standard InChI is InChI=1S/C13H24N4O2S/c1-6-7-14-13(4,11(18)19-5)8-9(2)20-12-15-10(3)16-17-12/h9,14H,6-8H2,1-5H3,(H,15,16,17). The second-order valence-corrected chi connectivity index (χ2v) is 6.49. The lowest BCUT2D eigenvalue weighted by Crippen LogP contribution is -2.51. The zero-order valence-corrected chi connectivity index (χ0v) is 13.6. The number of methoxy groups -OCH3 is 1. The second kappa shape index (κ2) is 7.64. The van der Waals surface area contributed by atoms with Gasteiger partial charge in [-0.15, -0.1) is 5.10 Å². The molecule has 1 rings (SSSR count). The van der Waals surface area contributed by atoms with Gasteiger partial charge >= 0.3 is 5.97 Å². The van der Waals surface area contributed by atoms with Crippen molar-refractivity contribution in [2.45, 2.75) is 56.5 Å². The number of thioether (sulfide) groups is 1. The minimum atomic E-state index is -0.678. The quantitative estimate of drug-likeness (QED) is 0.564. The van der Waals surface area contributed by atoms with Gasteiger partial charge in [0.15, 0.2) is 0 Å². The maximum Gasteiger partial charge on any atom is 0.325 e. The van der Waals surface area contributed by atoms with Crippen LogP contribution < -0.4 is 5.32 Å². The lowest BCUT2D eigenvalue weighted by molar-refractivity contribution is -0.148. The minimum absolute atomic E-state index is 0.193. The van der Waals surface area contributed by atoms with E-state index < -0.39 is 5.54 Å². The monoisotopic (exact) mass is 300 g/mol. The highest BCUT2D eigenvalue weighted by atomic mass is 32.2. The van der Waals surface area contributed by atoms with E-state index in [1.165, 1.54) is 7.11 Å². The van der Waals surface area contributed by atoms with Crippen LogP contribution in [0.5, 0.6) is 0 Å². The molecule has 0 amide bonds. The van der Waals surface area contributed by atoms with Crippen LogP contribution >= 0.6 is 11.8 Å². The highest BCUT2D eigenvalue weighted by Gasteiger charge is 2.35. The minimum Gasteiger partial charge on any atom is -0.468 e. The Morgan fingerprint density at radius 2 is 2.30 bits per heavy atom. The fraction of sp³-hybridized carbons (Fsp3) is 0.769. The number of hydrogen-bond donors (Lipinski definition) is 2. The number of carbonyl (C=O) groups excluding carboxylic acids is 1. The van der Waals surface area contributed by atoms with Crippen LogP contribution in [0.4, 0.5) is 0 Å². The van der Waals surface area contributed by atoms with Crippen molar-refractivity contribution in [1.82, 2.24) is 20.5 Å². The SMILES string of the molecule is CCCNC(C)(CC(C)Sc1n[nH]c(C)n1)C(=O)OC. The third kappa shape index (κ3) is 4.79. The summed E-state index contributed by atoms with van der Waals surface area (Å²) in [4.78, 5) is 16.3. The van der Waals surface area contributed by atoms with Gasteiger partial charge in [0.2, 0.25) is 5.16 Å². The normalized spacial score (nSPS) is 15.7. The highest BCUT2D eigenvalue weighted by molar-refractivity contribution is 7.99. The zero-order chi connectivity index (χ0) is 15.2. The molecule has 0 bridgehead atoms. The van der Waals surface area contributed by atoms with Crippen LogP contribution in [-0.2, 0) is 9.53 Å². The Hall–Kier alpha value is -1.08. The van der Waals surface area contributed by atoms with Crippen molar-refractivity contribution in [1.29, 1.82) is 0 Å². The molecule has 0 aliphatic carbocycles. The van der Waals surface area contributed by atoms with Crippen LogP contribution in [-0.4, -0.2) is 45.6 Å². The smallest absolute Gasteiger partial charge is 0.325 e.